The quantitative estimate of drug-likeness (QED) is 0.560. The van der Waals surface area contributed by atoms with Gasteiger partial charge in [0.05, 0.1) is 12.0 Å². The van der Waals surface area contributed by atoms with Crippen LogP contribution in [0.15, 0.2) is 59.5 Å². The highest BCUT2D eigenvalue weighted by molar-refractivity contribution is 7.89. The van der Waals surface area contributed by atoms with E-state index < -0.39 is 34.5 Å². The summed E-state index contributed by atoms with van der Waals surface area (Å²) >= 11 is 0. The molecular weight excluding hydrogens is 396 g/mol. The van der Waals surface area contributed by atoms with Crippen LogP contribution in [0.4, 0.5) is 0 Å². The molecule has 0 saturated heterocycles. The largest absolute Gasteiger partial charge is 0.497 e. The van der Waals surface area contributed by atoms with Gasteiger partial charge < -0.3 is 14.8 Å². The lowest BCUT2D eigenvalue weighted by atomic mass is 10.1. The topological polar surface area (TPSA) is 111 Å². The van der Waals surface area contributed by atoms with E-state index in [4.69, 9.17) is 9.47 Å². The van der Waals surface area contributed by atoms with Crippen LogP contribution in [0.3, 0.4) is 0 Å². The number of ether oxygens (including phenoxy) is 2. The van der Waals surface area contributed by atoms with Crippen molar-refractivity contribution in [3.05, 3.63) is 60.2 Å². The molecule has 0 aliphatic carbocycles. The van der Waals surface area contributed by atoms with E-state index in [0.717, 1.165) is 5.56 Å². The van der Waals surface area contributed by atoms with E-state index in [9.17, 15) is 18.0 Å². The van der Waals surface area contributed by atoms with Crippen molar-refractivity contribution in [1.29, 1.82) is 0 Å². The minimum atomic E-state index is -3.92. The molecule has 0 saturated carbocycles. The van der Waals surface area contributed by atoms with Gasteiger partial charge in [-0.2, -0.15) is 4.72 Å². The SMILES string of the molecule is COc1ccc(S(=O)(=O)N[C@@H](C)C(=O)OCC(=O)NCCc2ccccc2)cc1. The average Bonchev–Trinajstić information content (AvgIpc) is 2.72. The minimum absolute atomic E-state index is 0.0170. The first-order valence-corrected chi connectivity index (χ1v) is 10.4. The predicted octanol–water partition coefficient (Wildman–Crippen LogP) is 1.26. The summed E-state index contributed by atoms with van der Waals surface area (Å²) in [5, 5.41) is 2.64. The number of carbonyl (C=O) groups is 2. The van der Waals surface area contributed by atoms with Gasteiger partial charge in [-0.05, 0) is 43.2 Å². The van der Waals surface area contributed by atoms with Gasteiger partial charge in [0.2, 0.25) is 10.0 Å². The summed E-state index contributed by atoms with van der Waals surface area (Å²) in [5.41, 5.74) is 1.08. The molecule has 0 aliphatic heterocycles. The summed E-state index contributed by atoms with van der Waals surface area (Å²) in [7, 11) is -2.45. The lowest BCUT2D eigenvalue weighted by molar-refractivity contribution is -0.149. The molecule has 0 radical (unpaired) electrons. The number of rotatable bonds is 10. The number of benzene rings is 2. The molecule has 0 spiro atoms. The van der Waals surface area contributed by atoms with E-state index in [1.807, 2.05) is 30.3 Å². The van der Waals surface area contributed by atoms with E-state index in [1.54, 1.807) is 0 Å². The Bertz CT molecular complexity index is 914. The summed E-state index contributed by atoms with van der Waals surface area (Å²) in [6.45, 7) is 1.26. The Hall–Kier alpha value is -2.91. The Morgan fingerprint density at radius 2 is 1.69 bits per heavy atom. The molecule has 1 atom stereocenters. The zero-order valence-corrected chi connectivity index (χ0v) is 17.1. The first-order valence-electron chi connectivity index (χ1n) is 8.95. The molecule has 0 heterocycles. The molecule has 0 aromatic heterocycles. The molecule has 2 aromatic carbocycles. The van der Waals surface area contributed by atoms with Gasteiger partial charge in [0.1, 0.15) is 11.8 Å². The molecule has 0 unspecified atom stereocenters. The van der Waals surface area contributed by atoms with Gasteiger partial charge in [-0.1, -0.05) is 30.3 Å². The van der Waals surface area contributed by atoms with Crippen molar-refractivity contribution in [3.63, 3.8) is 0 Å². The van der Waals surface area contributed by atoms with Gasteiger partial charge in [0, 0.05) is 6.54 Å². The van der Waals surface area contributed by atoms with Gasteiger partial charge in [-0.15, -0.1) is 0 Å². The molecule has 29 heavy (non-hydrogen) atoms. The second-order valence-corrected chi connectivity index (χ2v) is 7.93. The van der Waals surface area contributed by atoms with Crippen LogP contribution in [-0.4, -0.2) is 46.6 Å². The number of nitrogens with one attached hydrogen (secondary N) is 2. The number of hydrogen-bond acceptors (Lipinski definition) is 6. The fourth-order valence-corrected chi connectivity index (χ4v) is 3.60. The van der Waals surface area contributed by atoms with Crippen LogP contribution in [0, 0.1) is 0 Å². The average molecular weight is 420 g/mol. The van der Waals surface area contributed by atoms with Gasteiger partial charge in [-0.25, -0.2) is 8.42 Å². The highest BCUT2D eigenvalue weighted by Crippen LogP contribution is 2.15. The second kappa shape index (κ2) is 10.6. The highest BCUT2D eigenvalue weighted by atomic mass is 32.2. The number of sulfonamides is 1. The van der Waals surface area contributed by atoms with Crippen LogP contribution in [0.2, 0.25) is 0 Å². The number of carbonyl (C=O) groups excluding carboxylic acids is 2. The molecule has 2 rings (SSSR count). The Balaban J connectivity index is 1.76. The number of methoxy groups -OCH3 is 1. The van der Waals surface area contributed by atoms with Crippen LogP contribution in [0.5, 0.6) is 5.75 Å². The van der Waals surface area contributed by atoms with E-state index in [0.29, 0.717) is 18.7 Å². The van der Waals surface area contributed by atoms with Crippen LogP contribution in [-0.2, 0) is 30.8 Å². The van der Waals surface area contributed by atoms with Crippen molar-refractivity contribution in [2.45, 2.75) is 24.3 Å². The zero-order valence-electron chi connectivity index (χ0n) is 16.3. The first kappa shape index (κ1) is 22.4. The van der Waals surface area contributed by atoms with Crippen LogP contribution in [0.25, 0.3) is 0 Å². The molecule has 9 heteroatoms. The van der Waals surface area contributed by atoms with E-state index in [2.05, 4.69) is 10.0 Å². The second-order valence-electron chi connectivity index (χ2n) is 6.21. The maximum atomic E-state index is 12.3. The van der Waals surface area contributed by atoms with Crippen molar-refractivity contribution >= 4 is 21.9 Å². The fourth-order valence-electron chi connectivity index (χ4n) is 2.41. The Kier molecular flexibility index (Phi) is 8.17. The van der Waals surface area contributed by atoms with Crippen molar-refractivity contribution in [1.82, 2.24) is 10.0 Å². The molecule has 2 N–H and O–H groups in total. The molecule has 0 aliphatic rings. The predicted molar refractivity (Wildman–Crippen MR) is 107 cm³/mol. The van der Waals surface area contributed by atoms with Crippen molar-refractivity contribution in [3.8, 4) is 5.75 Å². The molecule has 156 valence electrons. The summed E-state index contributed by atoms with van der Waals surface area (Å²) < 4.78 is 36.7. The lowest BCUT2D eigenvalue weighted by Gasteiger charge is -2.14. The maximum absolute atomic E-state index is 12.3. The van der Waals surface area contributed by atoms with Crippen molar-refractivity contribution in [2.24, 2.45) is 0 Å². The van der Waals surface area contributed by atoms with E-state index >= 15 is 0 Å². The van der Waals surface area contributed by atoms with Crippen LogP contribution in [0.1, 0.15) is 12.5 Å². The Morgan fingerprint density at radius 1 is 1.03 bits per heavy atom. The fraction of sp³-hybridized carbons (Fsp3) is 0.300. The van der Waals surface area contributed by atoms with Crippen molar-refractivity contribution in [2.75, 3.05) is 20.3 Å². The number of amides is 1. The molecule has 0 bridgehead atoms. The molecule has 2 aromatic rings. The lowest BCUT2D eigenvalue weighted by Crippen LogP contribution is -2.41. The smallest absolute Gasteiger partial charge is 0.324 e. The molecule has 1 amide bonds. The number of esters is 1. The van der Waals surface area contributed by atoms with E-state index in [-0.39, 0.29) is 4.90 Å². The third kappa shape index (κ3) is 7.20. The number of hydrogen-bond donors (Lipinski definition) is 2. The standard InChI is InChI=1S/C20H24N2O6S/c1-15(22-29(25,26)18-10-8-17(27-2)9-11-18)20(24)28-14-19(23)21-13-12-16-6-4-3-5-7-16/h3-11,15,22H,12-14H2,1-2H3,(H,21,23)/t15-/m0/s1. The summed E-state index contributed by atoms with van der Waals surface area (Å²) in [5.74, 6) is -0.797. The molecular formula is C20H24N2O6S. The normalized spacial score (nSPS) is 12.1. The summed E-state index contributed by atoms with van der Waals surface area (Å²) in [6, 6.07) is 14.2. The Morgan fingerprint density at radius 3 is 2.31 bits per heavy atom. The third-order valence-corrected chi connectivity index (χ3v) is 5.54. The Labute approximate surface area is 170 Å². The zero-order chi connectivity index (χ0) is 21.3. The van der Waals surface area contributed by atoms with Gasteiger partial charge >= 0.3 is 5.97 Å². The minimum Gasteiger partial charge on any atom is -0.497 e. The third-order valence-electron chi connectivity index (χ3n) is 3.98. The van der Waals surface area contributed by atoms with Crippen LogP contribution < -0.4 is 14.8 Å². The van der Waals surface area contributed by atoms with Crippen LogP contribution >= 0.6 is 0 Å². The molecule has 0 fully saturated rings. The van der Waals surface area contributed by atoms with Gasteiger partial charge in [0.25, 0.3) is 5.91 Å². The maximum Gasteiger partial charge on any atom is 0.324 e. The first-order chi connectivity index (χ1) is 13.8. The highest BCUT2D eigenvalue weighted by Gasteiger charge is 2.23. The summed E-state index contributed by atoms with van der Waals surface area (Å²) in [4.78, 5) is 23.8. The van der Waals surface area contributed by atoms with Crippen molar-refractivity contribution < 1.29 is 27.5 Å². The van der Waals surface area contributed by atoms with Gasteiger partial charge in [-0.3, -0.25) is 9.59 Å². The summed E-state index contributed by atoms with van der Waals surface area (Å²) in [6.07, 6.45) is 0.651. The monoisotopic (exact) mass is 420 g/mol. The molecule has 8 nitrogen and oxygen atoms in total. The van der Waals surface area contributed by atoms with Gasteiger partial charge in [0.15, 0.2) is 6.61 Å². The van der Waals surface area contributed by atoms with E-state index in [1.165, 1.54) is 38.3 Å².